The van der Waals surface area contributed by atoms with Crippen molar-refractivity contribution in [3.05, 3.63) is 36.8 Å². The molecule has 1 aliphatic heterocycles. The van der Waals surface area contributed by atoms with Gasteiger partial charge in [-0.2, -0.15) is 4.98 Å². The fourth-order valence-corrected chi connectivity index (χ4v) is 4.36. The number of rotatable bonds is 6. The van der Waals surface area contributed by atoms with Gasteiger partial charge < -0.3 is 19.5 Å². The van der Waals surface area contributed by atoms with Crippen LogP contribution in [0.25, 0.3) is 27.7 Å². The van der Waals surface area contributed by atoms with E-state index in [4.69, 9.17) is 8.85 Å². The first-order valence-electron chi connectivity index (χ1n) is 12.4. The second-order valence-corrected chi connectivity index (χ2v) is 8.27. The zero-order valence-electron chi connectivity index (χ0n) is 21.7. The van der Waals surface area contributed by atoms with Gasteiger partial charge >= 0.3 is 0 Å². The van der Waals surface area contributed by atoms with Gasteiger partial charge in [0.2, 0.25) is 17.7 Å². The number of nitrogens with one attached hydrogen (secondary N) is 1. The third-order valence-corrected chi connectivity index (χ3v) is 6.08. The van der Waals surface area contributed by atoms with Gasteiger partial charge in [-0.3, -0.25) is 4.79 Å². The van der Waals surface area contributed by atoms with Gasteiger partial charge in [0.25, 0.3) is 6.43 Å². The number of anilines is 1. The number of amides is 1. The van der Waals surface area contributed by atoms with Crippen LogP contribution in [0.15, 0.2) is 36.8 Å². The van der Waals surface area contributed by atoms with Crippen LogP contribution >= 0.6 is 0 Å². The number of nitrogens with zero attached hydrogens (tertiary/aromatic N) is 6. The van der Waals surface area contributed by atoms with Crippen LogP contribution in [-0.4, -0.2) is 73.8 Å². The molecule has 1 fully saturated rings. The summed E-state index contributed by atoms with van der Waals surface area (Å²) in [5.41, 5.74) is 3.07. The summed E-state index contributed by atoms with van der Waals surface area (Å²) in [6.45, 7) is -3.57. The van der Waals surface area contributed by atoms with Crippen molar-refractivity contribution >= 4 is 28.4 Å². The van der Waals surface area contributed by atoms with Gasteiger partial charge in [-0.05, 0) is 30.2 Å². The summed E-state index contributed by atoms with van der Waals surface area (Å²) in [6, 6.07) is 6.34. The predicted molar refractivity (Wildman–Crippen MR) is 123 cm³/mol. The zero-order chi connectivity index (χ0) is 27.2. The second-order valence-electron chi connectivity index (χ2n) is 8.27. The number of alkyl halides is 3. The van der Waals surface area contributed by atoms with E-state index < -0.39 is 37.9 Å². The quantitative estimate of drug-likeness (QED) is 0.446. The normalized spacial score (nSPS) is 20.1. The van der Waals surface area contributed by atoms with Gasteiger partial charge in [0.05, 0.1) is 43.6 Å². The maximum Gasteiger partial charge on any atom is 0.256 e. The lowest BCUT2D eigenvalue weighted by Gasteiger charge is -2.34. The van der Waals surface area contributed by atoms with Crippen LogP contribution in [0.4, 0.5) is 19.1 Å². The Kier molecular flexibility index (Phi) is 5.05. The van der Waals surface area contributed by atoms with Crippen LogP contribution in [0.1, 0.15) is 17.4 Å². The van der Waals surface area contributed by atoms with Crippen molar-refractivity contribution < 1.29 is 26.8 Å². The SMILES string of the molecule is [2H]C([2H])([2H])C(=O)N1CC[C@H](Nc2nc(OC)c3c(-c4ccc5ncn(CC(F)F)c5c4)ccn3n2)[C@H](F)C1. The number of piperidine rings is 1. The number of hydrogen-bond donors (Lipinski definition) is 1. The molecular weight excluding hydrogens is 463 g/mol. The van der Waals surface area contributed by atoms with Crippen molar-refractivity contribution in [1.82, 2.24) is 29.0 Å². The van der Waals surface area contributed by atoms with E-state index in [0.29, 0.717) is 27.7 Å². The van der Waals surface area contributed by atoms with E-state index in [1.165, 1.54) is 22.5 Å². The standard InChI is InChI=1S/C23H24F3N7O2/c1-13(34)31-7-6-17(16(24)10-31)28-23-29-22(35-2)21-15(5-8-33(21)30-23)14-3-4-18-19(9-14)32(12-27-18)11-20(25)26/h3-5,8-9,12,16-17,20H,6-7,10-11H2,1-2H3,(H,28,30)/t16-,17+/m1/s1/i1D3. The zero-order valence-corrected chi connectivity index (χ0v) is 18.7. The number of ether oxygens (including phenoxy) is 1. The molecule has 1 saturated heterocycles. The minimum absolute atomic E-state index is 0.0764. The Morgan fingerprint density at radius 3 is 2.97 bits per heavy atom. The molecule has 0 unspecified atom stereocenters. The molecule has 35 heavy (non-hydrogen) atoms. The molecule has 2 atom stereocenters. The highest BCUT2D eigenvalue weighted by atomic mass is 19.3. The Labute approximate surface area is 202 Å². The Morgan fingerprint density at radius 1 is 1.37 bits per heavy atom. The van der Waals surface area contributed by atoms with Crippen LogP contribution in [-0.2, 0) is 11.3 Å². The van der Waals surface area contributed by atoms with E-state index in [-0.39, 0.29) is 31.3 Å². The fourth-order valence-electron chi connectivity index (χ4n) is 4.36. The minimum atomic E-state index is -2.82. The molecule has 1 aliphatic rings. The molecule has 4 aromatic rings. The molecule has 9 nitrogen and oxygen atoms in total. The van der Waals surface area contributed by atoms with E-state index >= 15 is 0 Å². The van der Waals surface area contributed by atoms with Crippen LogP contribution in [0.5, 0.6) is 5.88 Å². The van der Waals surface area contributed by atoms with E-state index in [0.717, 1.165) is 4.90 Å². The summed E-state index contributed by atoms with van der Waals surface area (Å²) in [4.78, 5) is 21.6. The second kappa shape index (κ2) is 9.08. The van der Waals surface area contributed by atoms with Crippen molar-refractivity contribution in [2.45, 2.75) is 38.5 Å². The fraction of sp³-hybridized carbons (Fsp3) is 0.391. The molecule has 3 aromatic heterocycles. The lowest BCUT2D eigenvalue weighted by Crippen LogP contribution is -2.49. The summed E-state index contributed by atoms with van der Waals surface area (Å²) in [5.74, 6) is -0.785. The molecule has 1 amide bonds. The first kappa shape index (κ1) is 19.5. The molecule has 1 aromatic carbocycles. The Balaban J connectivity index is 1.41. The topological polar surface area (TPSA) is 89.6 Å². The van der Waals surface area contributed by atoms with Gasteiger partial charge in [-0.25, -0.2) is 22.7 Å². The summed E-state index contributed by atoms with van der Waals surface area (Å²) < 4.78 is 71.0. The number of methoxy groups -OCH3 is 1. The highest BCUT2D eigenvalue weighted by Gasteiger charge is 2.31. The molecule has 0 radical (unpaired) electrons. The van der Waals surface area contributed by atoms with Gasteiger partial charge in [0, 0.05) is 29.3 Å². The van der Waals surface area contributed by atoms with Gasteiger partial charge in [0.15, 0.2) is 0 Å². The number of halogens is 3. The minimum Gasteiger partial charge on any atom is -0.479 e. The summed E-state index contributed by atoms with van der Waals surface area (Å²) in [6.07, 6.45) is -0.850. The maximum absolute atomic E-state index is 14.9. The molecule has 5 rings (SSSR count). The number of aromatic nitrogens is 5. The summed E-state index contributed by atoms with van der Waals surface area (Å²) >= 11 is 0. The maximum atomic E-state index is 14.9. The first-order valence-corrected chi connectivity index (χ1v) is 10.9. The van der Waals surface area contributed by atoms with E-state index in [2.05, 4.69) is 20.4 Å². The average molecular weight is 491 g/mol. The van der Waals surface area contributed by atoms with E-state index in [1.54, 1.807) is 24.4 Å². The summed E-state index contributed by atoms with van der Waals surface area (Å²) in [7, 11) is 1.43. The Morgan fingerprint density at radius 2 is 2.23 bits per heavy atom. The van der Waals surface area contributed by atoms with Crippen molar-refractivity contribution in [3.8, 4) is 17.0 Å². The smallest absolute Gasteiger partial charge is 0.256 e. The molecule has 184 valence electrons. The third kappa shape index (κ3) is 4.35. The molecule has 1 N–H and O–H groups in total. The average Bonchev–Trinajstić information content (AvgIpc) is 3.47. The van der Waals surface area contributed by atoms with Gasteiger partial charge in [-0.15, -0.1) is 5.10 Å². The molecule has 0 saturated carbocycles. The number of imidazole rings is 1. The molecule has 12 heteroatoms. The highest BCUT2D eigenvalue weighted by molar-refractivity contribution is 5.89. The third-order valence-electron chi connectivity index (χ3n) is 6.08. The first-order chi connectivity index (χ1) is 18.0. The van der Waals surface area contributed by atoms with Gasteiger partial charge in [-0.1, -0.05) is 6.07 Å². The molecular formula is C23H24F3N7O2. The van der Waals surface area contributed by atoms with E-state index in [9.17, 15) is 18.0 Å². The van der Waals surface area contributed by atoms with Crippen molar-refractivity contribution in [2.24, 2.45) is 0 Å². The number of benzene rings is 1. The lowest BCUT2D eigenvalue weighted by atomic mass is 10.0. The van der Waals surface area contributed by atoms with Crippen LogP contribution < -0.4 is 10.1 Å². The van der Waals surface area contributed by atoms with Crippen molar-refractivity contribution in [3.63, 3.8) is 0 Å². The predicted octanol–water partition coefficient (Wildman–Crippen LogP) is 3.39. The number of carbonyl (C=O) groups excluding carboxylic acids is 1. The molecule has 0 aliphatic carbocycles. The largest absolute Gasteiger partial charge is 0.479 e. The van der Waals surface area contributed by atoms with Crippen molar-refractivity contribution in [2.75, 3.05) is 25.5 Å². The summed E-state index contributed by atoms with van der Waals surface area (Å²) in [5, 5.41) is 7.35. The Bertz CT molecular complexity index is 1490. The van der Waals surface area contributed by atoms with E-state index in [1.807, 2.05) is 6.07 Å². The number of fused-ring (bicyclic) bond motifs is 2. The number of hydrogen-bond acceptors (Lipinski definition) is 6. The number of likely N-dealkylation sites (tertiary alicyclic amines) is 1. The molecule has 0 spiro atoms. The van der Waals surface area contributed by atoms with Crippen LogP contribution in [0.2, 0.25) is 0 Å². The van der Waals surface area contributed by atoms with Crippen LogP contribution in [0, 0.1) is 0 Å². The Hall–Kier alpha value is -3.83. The van der Waals surface area contributed by atoms with Crippen molar-refractivity contribution in [1.29, 1.82) is 0 Å². The highest BCUT2D eigenvalue weighted by Crippen LogP contribution is 2.33. The van der Waals surface area contributed by atoms with Crippen LogP contribution in [0.3, 0.4) is 0 Å². The number of carbonyl (C=O) groups is 1. The van der Waals surface area contributed by atoms with Gasteiger partial charge in [0.1, 0.15) is 11.7 Å². The lowest BCUT2D eigenvalue weighted by molar-refractivity contribution is -0.131. The molecule has 4 heterocycles. The monoisotopic (exact) mass is 490 g/mol. The molecule has 0 bridgehead atoms.